The summed E-state index contributed by atoms with van der Waals surface area (Å²) in [5.41, 5.74) is 0.428. The lowest BCUT2D eigenvalue weighted by molar-refractivity contribution is -0.134. The van der Waals surface area contributed by atoms with Crippen molar-refractivity contribution in [3.8, 4) is 0 Å². The van der Waals surface area contributed by atoms with Gasteiger partial charge < -0.3 is 15.2 Å². The van der Waals surface area contributed by atoms with Crippen LogP contribution in [-0.4, -0.2) is 23.0 Å². The maximum absolute atomic E-state index is 12.2. The van der Waals surface area contributed by atoms with Crippen LogP contribution in [0, 0.1) is 0 Å². The summed E-state index contributed by atoms with van der Waals surface area (Å²) in [7, 11) is 0. The van der Waals surface area contributed by atoms with Crippen LogP contribution in [0.25, 0.3) is 0 Å². The van der Waals surface area contributed by atoms with Gasteiger partial charge in [0.2, 0.25) is 0 Å². The van der Waals surface area contributed by atoms with E-state index in [-0.39, 0.29) is 26.8 Å². The molecule has 8 heteroatoms. The molecule has 0 bridgehead atoms. The molecule has 1 atom stereocenters. The Morgan fingerprint density at radius 1 is 1.33 bits per heavy atom. The number of carboxylic acids is 1. The molecule has 0 fully saturated rings. The van der Waals surface area contributed by atoms with Crippen molar-refractivity contribution < 1.29 is 24.2 Å². The highest BCUT2D eigenvalue weighted by atomic mass is 35.5. The van der Waals surface area contributed by atoms with Crippen molar-refractivity contribution in [3.05, 3.63) is 63.1 Å². The number of hydrogen-bond donors (Lipinski definition) is 2. The van der Waals surface area contributed by atoms with Crippen molar-refractivity contribution in [2.75, 3.05) is 0 Å². The van der Waals surface area contributed by atoms with E-state index in [2.05, 4.69) is 10.1 Å². The number of hydrogen-bond acceptors (Lipinski definition) is 5. The molecular weight excluding hydrogens is 357 g/mol. The van der Waals surface area contributed by atoms with Gasteiger partial charge in [-0.05, 0) is 19.1 Å². The molecule has 2 rings (SSSR count). The highest BCUT2D eigenvalue weighted by Gasteiger charge is 2.37. The summed E-state index contributed by atoms with van der Waals surface area (Å²) in [5.74, 6) is -1.91. The first kappa shape index (κ1) is 17.8. The van der Waals surface area contributed by atoms with E-state index in [9.17, 15) is 19.5 Å². The largest absolute Gasteiger partial charge is 0.478 e. The molecule has 0 saturated carbocycles. The molecule has 24 heavy (non-hydrogen) atoms. The predicted molar refractivity (Wildman–Crippen MR) is 87.1 cm³/mol. The first-order valence-electron chi connectivity index (χ1n) is 6.63. The van der Waals surface area contributed by atoms with Crippen LogP contribution in [0.3, 0.4) is 0 Å². The third kappa shape index (κ3) is 3.36. The smallest absolute Gasteiger partial charge is 0.342 e. The Hall–Kier alpha value is -2.53. The molecule has 0 amide bonds. The fourth-order valence-electron chi connectivity index (χ4n) is 2.41. The van der Waals surface area contributed by atoms with Gasteiger partial charge in [-0.25, -0.2) is 14.4 Å². The average molecular weight is 368 g/mol. The third-order valence-corrected chi connectivity index (χ3v) is 4.08. The highest BCUT2D eigenvalue weighted by molar-refractivity contribution is 6.36. The minimum Gasteiger partial charge on any atom is -0.478 e. The lowest BCUT2D eigenvalue weighted by Crippen LogP contribution is -2.28. The summed E-state index contributed by atoms with van der Waals surface area (Å²) in [6.07, 6.45) is 1.84. The molecule has 1 aliphatic rings. The van der Waals surface area contributed by atoms with E-state index < -0.39 is 17.9 Å². The van der Waals surface area contributed by atoms with Crippen molar-refractivity contribution in [1.29, 1.82) is 0 Å². The normalized spacial score (nSPS) is 16.6. The molecule has 0 aliphatic carbocycles. The monoisotopic (exact) mass is 367 g/mol. The van der Waals surface area contributed by atoms with Crippen molar-refractivity contribution in [3.63, 3.8) is 0 Å². The predicted octanol–water partition coefficient (Wildman–Crippen LogP) is 2.81. The lowest BCUT2D eigenvalue weighted by atomic mass is 9.82. The number of nitrogens with one attached hydrogen (secondary N) is 1. The average Bonchev–Trinajstić information content (AvgIpc) is 2.52. The quantitative estimate of drug-likeness (QED) is 0.482. The van der Waals surface area contributed by atoms with Crippen LogP contribution in [0.4, 0.5) is 0 Å². The summed E-state index contributed by atoms with van der Waals surface area (Å²) >= 11 is 12.4. The summed E-state index contributed by atoms with van der Waals surface area (Å²) in [4.78, 5) is 34.2. The van der Waals surface area contributed by atoms with Crippen LogP contribution in [0.1, 0.15) is 18.4 Å². The molecule has 1 heterocycles. The van der Waals surface area contributed by atoms with Gasteiger partial charge >= 0.3 is 11.9 Å². The summed E-state index contributed by atoms with van der Waals surface area (Å²) in [5, 5.41) is 12.7. The van der Waals surface area contributed by atoms with E-state index in [4.69, 9.17) is 23.2 Å². The molecule has 1 aromatic rings. The molecule has 1 unspecified atom stereocenters. The molecule has 124 valence electrons. The lowest BCUT2D eigenvalue weighted by Gasteiger charge is -2.27. The Bertz CT molecular complexity index is 802. The number of esters is 1. The van der Waals surface area contributed by atoms with Crippen molar-refractivity contribution in [2.45, 2.75) is 12.8 Å². The van der Waals surface area contributed by atoms with Crippen LogP contribution in [0.5, 0.6) is 0 Å². The highest BCUT2D eigenvalue weighted by Crippen LogP contribution is 2.42. The third-order valence-electron chi connectivity index (χ3n) is 3.42. The fraction of sp³-hybridized carbons (Fsp3) is 0.125. The van der Waals surface area contributed by atoms with Gasteiger partial charge in [0, 0.05) is 27.5 Å². The number of aliphatic carboxylic acids is 1. The van der Waals surface area contributed by atoms with E-state index in [1.54, 1.807) is 13.0 Å². The minimum atomic E-state index is -1.25. The number of carbonyl (C=O) groups excluding carboxylic acids is 2. The zero-order chi connectivity index (χ0) is 17.9. The van der Waals surface area contributed by atoms with E-state index in [0.29, 0.717) is 12.0 Å². The van der Waals surface area contributed by atoms with Gasteiger partial charge in [-0.15, -0.1) is 0 Å². The number of allylic oxidation sites excluding steroid dienone is 1. The number of halogens is 2. The Morgan fingerprint density at radius 2 is 1.96 bits per heavy atom. The number of ether oxygens (including phenoxy) is 1. The van der Waals surface area contributed by atoms with Crippen LogP contribution in [-0.2, 0) is 19.1 Å². The van der Waals surface area contributed by atoms with Crippen molar-refractivity contribution >= 4 is 41.1 Å². The first-order chi connectivity index (χ1) is 11.4. The fourth-order valence-corrected chi connectivity index (χ4v) is 3.03. The molecule has 0 aromatic heterocycles. The van der Waals surface area contributed by atoms with Crippen LogP contribution >= 0.6 is 23.2 Å². The standard InChI is InChI=1S/C16H11Cl2NO5/c1-8-12(15(21)22)13(14-10(17)3-2-4-11(14)18)9(7-19-8)16(23)24-6-5-20/h2-4,6-7,13,19H,1H3,(H,21,22). The second-order valence-electron chi connectivity index (χ2n) is 4.80. The van der Waals surface area contributed by atoms with E-state index >= 15 is 0 Å². The van der Waals surface area contributed by atoms with E-state index in [1.807, 2.05) is 0 Å². The molecule has 0 saturated heterocycles. The number of carboxylic acid groups (broad SMARTS) is 1. The van der Waals surface area contributed by atoms with Gasteiger partial charge in [0.1, 0.15) is 0 Å². The molecule has 2 N–H and O–H groups in total. The van der Waals surface area contributed by atoms with Crippen LogP contribution in [0.15, 0.2) is 47.5 Å². The molecule has 1 aromatic carbocycles. The van der Waals surface area contributed by atoms with Crippen LogP contribution < -0.4 is 5.32 Å². The molecule has 0 spiro atoms. The van der Waals surface area contributed by atoms with Gasteiger partial charge in [0.25, 0.3) is 0 Å². The summed E-state index contributed by atoms with van der Waals surface area (Å²) < 4.78 is 4.63. The van der Waals surface area contributed by atoms with E-state index in [1.165, 1.54) is 24.3 Å². The second-order valence-corrected chi connectivity index (χ2v) is 5.61. The summed E-state index contributed by atoms with van der Waals surface area (Å²) in [6.45, 7) is 1.55. The van der Waals surface area contributed by atoms with Gasteiger partial charge in [-0.3, -0.25) is 0 Å². The van der Waals surface area contributed by atoms with Gasteiger partial charge in [0.05, 0.1) is 17.1 Å². The molecule has 6 nitrogen and oxygen atoms in total. The number of benzene rings is 1. The van der Waals surface area contributed by atoms with Crippen molar-refractivity contribution in [2.24, 2.45) is 0 Å². The molecular formula is C16H11Cl2NO5. The zero-order valence-corrected chi connectivity index (χ0v) is 13.8. The molecule has 0 radical (unpaired) electrons. The second kappa shape index (κ2) is 7.36. The zero-order valence-electron chi connectivity index (χ0n) is 12.3. The number of dihydropyridines is 1. The van der Waals surface area contributed by atoms with E-state index in [0.717, 1.165) is 0 Å². The number of carbonyl (C=O) groups is 2. The Morgan fingerprint density at radius 3 is 2.50 bits per heavy atom. The summed E-state index contributed by atoms with van der Waals surface area (Å²) in [6, 6.07) is 4.67. The van der Waals surface area contributed by atoms with Crippen molar-refractivity contribution in [1.82, 2.24) is 5.32 Å². The van der Waals surface area contributed by atoms with Gasteiger partial charge in [0.15, 0.2) is 12.2 Å². The maximum atomic E-state index is 12.2. The van der Waals surface area contributed by atoms with Gasteiger partial charge in [-0.2, -0.15) is 0 Å². The molecule has 1 aliphatic heterocycles. The Labute approximate surface area is 147 Å². The minimum absolute atomic E-state index is 0.0560. The number of rotatable bonds is 4. The Kier molecular flexibility index (Phi) is 5.46. The topological polar surface area (TPSA) is 92.7 Å². The maximum Gasteiger partial charge on any atom is 0.342 e. The van der Waals surface area contributed by atoms with Crippen LogP contribution in [0.2, 0.25) is 10.0 Å². The SMILES string of the molecule is CC1=C(C(=O)O)C(c2c(Cl)cccc2Cl)C(C(=O)OC=C=O)=CN1. The Balaban J connectivity index is 2.66. The first-order valence-corrected chi connectivity index (χ1v) is 7.39. The van der Waals surface area contributed by atoms with Gasteiger partial charge in [-0.1, -0.05) is 29.3 Å².